The molecule has 2 nitrogen and oxygen atoms in total. The molecule has 0 N–H and O–H groups in total. The van der Waals surface area contributed by atoms with E-state index in [1.54, 1.807) is 7.11 Å². The van der Waals surface area contributed by atoms with Crippen LogP contribution in [0.15, 0.2) is 115 Å². The SMILES string of the molecule is CCCCCCCC(OC)OCc1ccccc1CP(Br)(c1ccccc1)(c1ccccc1)c1ccccc1. The summed E-state index contributed by atoms with van der Waals surface area (Å²) in [4.78, 5) is 0. The summed E-state index contributed by atoms with van der Waals surface area (Å²) in [5, 5.41) is 0.862. The Morgan fingerprint density at radius 2 is 1.08 bits per heavy atom. The van der Waals surface area contributed by atoms with Crippen molar-refractivity contribution in [3.8, 4) is 0 Å². The molecule has 4 heteroatoms. The molecule has 206 valence electrons. The van der Waals surface area contributed by atoms with Crippen LogP contribution < -0.4 is 15.9 Å². The second kappa shape index (κ2) is 14.4. The molecule has 0 saturated carbocycles. The van der Waals surface area contributed by atoms with E-state index in [1.807, 2.05) is 0 Å². The van der Waals surface area contributed by atoms with Crippen molar-refractivity contribution < 1.29 is 9.47 Å². The second-order valence-electron chi connectivity index (χ2n) is 10.3. The van der Waals surface area contributed by atoms with E-state index >= 15 is 0 Å². The summed E-state index contributed by atoms with van der Waals surface area (Å²) in [6, 6.07) is 41.7. The normalized spacial score (nSPS) is 13.5. The van der Waals surface area contributed by atoms with E-state index in [9.17, 15) is 0 Å². The summed E-state index contributed by atoms with van der Waals surface area (Å²) in [5.74, 6) is 0. The van der Waals surface area contributed by atoms with Crippen molar-refractivity contribution in [1.29, 1.82) is 0 Å². The first-order chi connectivity index (χ1) is 19.1. The minimum absolute atomic E-state index is 0.184. The van der Waals surface area contributed by atoms with Crippen LogP contribution in [-0.2, 0) is 22.2 Å². The van der Waals surface area contributed by atoms with Gasteiger partial charge in [-0.15, -0.1) is 0 Å². The summed E-state index contributed by atoms with van der Waals surface area (Å²) in [7, 11) is 1.76. The fourth-order valence-corrected chi connectivity index (χ4v) is 13.2. The molecule has 0 bridgehead atoms. The van der Waals surface area contributed by atoms with Gasteiger partial charge in [0.2, 0.25) is 0 Å². The summed E-state index contributed by atoms with van der Waals surface area (Å²) in [6.07, 6.45) is 7.80. The Bertz CT molecular complexity index is 1160. The third kappa shape index (κ3) is 6.90. The second-order valence-corrected chi connectivity index (χ2v) is 19.2. The van der Waals surface area contributed by atoms with Crippen molar-refractivity contribution in [2.24, 2.45) is 0 Å². The topological polar surface area (TPSA) is 18.5 Å². The summed E-state index contributed by atoms with van der Waals surface area (Å²) in [6.45, 7) is 2.78. The van der Waals surface area contributed by atoms with Crippen LogP contribution in [0.5, 0.6) is 0 Å². The quantitative estimate of drug-likeness (QED) is 0.0766. The molecular weight excluding hydrogens is 563 g/mol. The molecule has 4 aromatic rings. The number of halogens is 1. The molecule has 0 aliphatic heterocycles. The number of unbranched alkanes of at least 4 members (excludes halogenated alkanes) is 4. The van der Waals surface area contributed by atoms with Gasteiger partial charge in [0.15, 0.2) is 0 Å². The number of benzene rings is 4. The number of hydrogen-bond donors (Lipinski definition) is 0. The maximum absolute atomic E-state index is 6.37. The molecule has 1 atom stereocenters. The van der Waals surface area contributed by atoms with Gasteiger partial charge in [-0.25, -0.2) is 0 Å². The Labute approximate surface area is 243 Å². The summed E-state index contributed by atoms with van der Waals surface area (Å²) in [5.41, 5.74) is 2.50. The van der Waals surface area contributed by atoms with E-state index in [1.165, 1.54) is 52.7 Å². The molecule has 0 saturated heterocycles. The van der Waals surface area contributed by atoms with E-state index in [4.69, 9.17) is 9.47 Å². The number of rotatable bonds is 15. The van der Waals surface area contributed by atoms with Gasteiger partial charge in [0.25, 0.3) is 0 Å². The summed E-state index contributed by atoms with van der Waals surface area (Å²) >= 11 is 4.60. The molecule has 0 amide bonds. The Kier molecular flexibility index (Phi) is 10.9. The molecule has 0 aromatic heterocycles. The van der Waals surface area contributed by atoms with Crippen LogP contribution in [0.4, 0.5) is 0 Å². The van der Waals surface area contributed by atoms with E-state index in [0.717, 1.165) is 19.0 Å². The predicted molar refractivity (Wildman–Crippen MR) is 173 cm³/mol. The van der Waals surface area contributed by atoms with Crippen molar-refractivity contribution in [2.75, 3.05) is 7.11 Å². The first kappa shape index (κ1) is 29.7. The van der Waals surface area contributed by atoms with Crippen molar-refractivity contribution in [1.82, 2.24) is 0 Å². The van der Waals surface area contributed by atoms with Crippen LogP contribution in [0.3, 0.4) is 0 Å². The standard InChI is InChI=1S/C35H42BrO2P/c1-3-4-5-6-16-27-35(37-2)38-28-30-19-17-18-20-31(30)29-39(36,32-21-10-7-11-22-32,33-23-12-8-13-24-33)34-25-14-9-15-26-34/h7-15,17-26,35H,3-6,16,27-29H2,1-2H3. The average molecular weight is 606 g/mol. The van der Waals surface area contributed by atoms with Crippen LogP contribution in [0.2, 0.25) is 0 Å². The zero-order valence-corrected chi connectivity index (χ0v) is 25.8. The van der Waals surface area contributed by atoms with Gasteiger partial charge in [-0.05, 0) is 0 Å². The van der Waals surface area contributed by atoms with Crippen LogP contribution in [-0.4, -0.2) is 13.4 Å². The molecule has 0 aliphatic carbocycles. The van der Waals surface area contributed by atoms with Gasteiger partial charge in [-0.3, -0.25) is 0 Å². The Morgan fingerprint density at radius 3 is 1.56 bits per heavy atom. The first-order valence-electron chi connectivity index (χ1n) is 14.2. The molecule has 0 radical (unpaired) electrons. The Balaban J connectivity index is 1.71. The molecule has 4 aromatic carbocycles. The zero-order valence-electron chi connectivity index (χ0n) is 23.3. The molecule has 4 rings (SSSR count). The number of methoxy groups -OCH3 is 1. The van der Waals surface area contributed by atoms with Crippen molar-refractivity contribution in [3.63, 3.8) is 0 Å². The average Bonchev–Trinajstić information content (AvgIpc) is 3.00. The molecule has 1 unspecified atom stereocenters. The zero-order chi connectivity index (χ0) is 27.4. The van der Waals surface area contributed by atoms with Gasteiger partial charge in [0.05, 0.1) is 0 Å². The molecule has 0 fully saturated rings. The minimum atomic E-state index is -3.09. The Hall–Kier alpha value is -2.29. The molecule has 0 heterocycles. The van der Waals surface area contributed by atoms with Gasteiger partial charge in [0, 0.05) is 0 Å². The van der Waals surface area contributed by atoms with Gasteiger partial charge in [-0.1, -0.05) is 6.92 Å². The Morgan fingerprint density at radius 1 is 0.615 bits per heavy atom. The third-order valence-electron chi connectivity index (χ3n) is 7.70. The monoisotopic (exact) mass is 604 g/mol. The molecule has 0 spiro atoms. The van der Waals surface area contributed by atoms with Gasteiger partial charge in [0.1, 0.15) is 0 Å². The molecular formula is C35H42BrO2P. The molecule has 0 aliphatic rings. The van der Waals surface area contributed by atoms with E-state index < -0.39 is 5.31 Å². The van der Waals surface area contributed by atoms with Crippen molar-refractivity contribution in [2.45, 2.75) is 64.5 Å². The van der Waals surface area contributed by atoms with Crippen LogP contribution in [0, 0.1) is 0 Å². The van der Waals surface area contributed by atoms with E-state index in [2.05, 4.69) is 138 Å². The maximum atomic E-state index is 6.37. The van der Waals surface area contributed by atoms with Crippen LogP contribution >= 0.6 is 20.8 Å². The number of ether oxygens (including phenoxy) is 2. The van der Waals surface area contributed by atoms with Crippen LogP contribution in [0.25, 0.3) is 0 Å². The van der Waals surface area contributed by atoms with Crippen LogP contribution in [0.1, 0.15) is 56.6 Å². The first-order valence-corrected chi connectivity index (χ1v) is 18.6. The van der Waals surface area contributed by atoms with Gasteiger partial charge in [-0.2, -0.15) is 0 Å². The fraction of sp³-hybridized carbons (Fsp3) is 0.314. The van der Waals surface area contributed by atoms with Gasteiger partial charge < -0.3 is 0 Å². The van der Waals surface area contributed by atoms with Crippen molar-refractivity contribution in [3.05, 3.63) is 126 Å². The van der Waals surface area contributed by atoms with Crippen molar-refractivity contribution >= 4 is 36.7 Å². The predicted octanol–water partition coefficient (Wildman–Crippen LogP) is 8.88. The summed E-state index contributed by atoms with van der Waals surface area (Å²) < 4.78 is 12.1. The van der Waals surface area contributed by atoms with E-state index in [-0.39, 0.29) is 6.29 Å². The number of hydrogen-bond acceptors (Lipinski definition) is 2. The van der Waals surface area contributed by atoms with E-state index in [0.29, 0.717) is 6.61 Å². The molecule has 39 heavy (non-hydrogen) atoms. The van der Waals surface area contributed by atoms with Gasteiger partial charge >= 0.3 is 237 Å². The third-order valence-corrected chi connectivity index (χ3v) is 17.2. The fourth-order valence-electron chi connectivity index (χ4n) is 5.48.